The predicted molar refractivity (Wildman–Crippen MR) is 32.4 cm³/mol. The van der Waals surface area contributed by atoms with Crippen molar-refractivity contribution in [3.05, 3.63) is 0 Å². The third-order valence-electron chi connectivity index (χ3n) is 1.68. The summed E-state index contributed by atoms with van der Waals surface area (Å²) in [6.45, 7) is 0. The van der Waals surface area contributed by atoms with E-state index in [1.807, 2.05) is 0 Å². The largest absolute Gasteiger partial charge is 0.479 e. The van der Waals surface area contributed by atoms with Gasteiger partial charge in [0.1, 0.15) is 0 Å². The van der Waals surface area contributed by atoms with E-state index in [-0.39, 0.29) is 5.92 Å². The topological polar surface area (TPSA) is 77.8 Å². The van der Waals surface area contributed by atoms with Crippen molar-refractivity contribution < 1.29 is 20.1 Å². The van der Waals surface area contributed by atoms with Crippen molar-refractivity contribution in [1.82, 2.24) is 0 Å². The highest BCUT2D eigenvalue weighted by molar-refractivity contribution is 5.72. The SMILES string of the molecule is O=C(O)C(O)C(O)C1CC1. The fourth-order valence-corrected chi connectivity index (χ4v) is 0.842. The van der Waals surface area contributed by atoms with E-state index in [1.165, 1.54) is 0 Å². The molecule has 0 heterocycles. The molecular formula is C6H10O4. The van der Waals surface area contributed by atoms with Crippen LogP contribution in [-0.4, -0.2) is 33.5 Å². The first-order chi connectivity index (χ1) is 4.63. The Morgan fingerprint density at radius 1 is 1.40 bits per heavy atom. The molecule has 10 heavy (non-hydrogen) atoms. The van der Waals surface area contributed by atoms with Crippen LogP contribution in [0.15, 0.2) is 0 Å². The summed E-state index contributed by atoms with van der Waals surface area (Å²) in [6.07, 6.45) is -1.03. The quantitative estimate of drug-likeness (QED) is 0.487. The molecule has 2 atom stereocenters. The Balaban J connectivity index is 2.38. The molecule has 4 heteroatoms. The van der Waals surface area contributed by atoms with Gasteiger partial charge in [0, 0.05) is 0 Å². The molecule has 4 nitrogen and oxygen atoms in total. The highest BCUT2D eigenvalue weighted by Gasteiger charge is 2.37. The normalized spacial score (nSPS) is 23.8. The van der Waals surface area contributed by atoms with E-state index in [0.717, 1.165) is 12.8 Å². The Morgan fingerprint density at radius 3 is 2.20 bits per heavy atom. The maximum absolute atomic E-state index is 10.1. The van der Waals surface area contributed by atoms with Gasteiger partial charge in [-0.05, 0) is 18.8 Å². The lowest BCUT2D eigenvalue weighted by molar-refractivity contribution is -0.153. The van der Waals surface area contributed by atoms with Crippen LogP contribution in [0, 0.1) is 5.92 Å². The molecule has 0 aromatic heterocycles. The second kappa shape index (κ2) is 2.56. The highest BCUT2D eigenvalue weighted by atomic mass is 16.4. The number of hydrogen-bond acceptors (Lipinski definition) is 3. The van der Waals surface area contributed by atoms with E-state index >= 15 is 0 Å². The van der Waals surface area contributed by atoms with Gasteiger partial charge in [-0.1, -0.05) is 0 Å². The summed E-state index contributed by atoms with van der Waals surface area (Å²) >= 11 is 0. The van der Waals surface area contributed by atoms with Crippen molar-refractivity contribution in [3.8, 4) is 0 Å². The lowest BCUT2D eigenvalue weighted by atomic mass is 10.1. The predicted octanol–water partition coefficient (Wildman–Crippen LogP) is -0.797. The lowest BCUT2D eigenvalue weighted by Gasteiger charge is -2.11. The van der Waals surface area contributed by atoms with E-state index in [2.05, 4.69) is 0 Å². The molecule has 0 amide bonds. The minimum Gasteiger partial charge on any atom is -0.479 e. The fourth-order valence-electron chi connectivity index (χ4n) is 0.842. The Hall–Kier alpha value is -0.610. The van der Waals surface area contributed by atoms with E-state index in [0.29, 0.717) is 0 Å². The fraction of sp³-hybridized carbons (Fsp3) is 0.833. The number of aliphatic hydroxyl groups excluding tert-OH is 2. The second-order valence-electron chi connectivity index (χ2n) is 2.61. The van der Waals surface area contributed by atoms with E-state index in [1.54, 1.807) is 0 Å². The van der Waals surface area contributed by atoms with E-state index in [4.69, 9.17) is 15.3 Å². The molecule has 0 bridgehead atoms. The van der Waals surface area contributed by atoms with E-state index in [9.17, 15) is 4.79 Å². The van der Waals surface area contributed by atoms with Crippen LogP contribution in [0.1, 0.15) is 12.8 Å². The zero-order valence-corrected chi connectivity index (χ0v) is 5.40. The zero-order chi connectivity index (χ0) is 7.72. The first kappa shape index (κ1) is 7.50. The molecule has 1 aliphatic carbocycles. The molecule has 0 saturated heterocycles. The molecular weight excluding hydrogens is 136 g/mol. The zero-order valence-electron chi connectivity index (χ0n) is 5.40. The molecule has 3 N–H and O–H groups in total. The van der Waals surface area contributed by atoms with Crippen LogP contribution in [0.4, 0.5) is 0 Å². The molecule has 0 aromatic rings. The number of aliphatic carboxylic acids is 1. The second-order valence-corrected chi connectivity index (χ2v) is 2.61. The van der Waals surface area contributed by atoms with Crippen LogP contribution < -0.4 is 0 Å². The number of carboxylic acids is 1. The maximum Gasteiger partial charge on any atom is 0.335 e. The summed E-state index contributed by atoms with van der Waals surface area (Å²) < 4.78 is 0. The number of carboxylic acid groups (broad SMARTS) is 1. The van der Waals surface area contributed by atoms with Crippen molar-refractivity contribution in [2.24, 2.45) is 5.92 Å². The van der Waals surface area contributed by atoms with Crippen LogP contribution >= 0.6 is 0 Å². The number of hydrogen-bond donors (Lipinski definition) is 3. The number of aliphatic hydroxyl groups is 2. The van der Waals surface area contributed by atoms with Crippen LogP contribution in [0.25, 0.3) is 0 Å². The van der Waals surface area contributed by atoms with Crippen molar-refractivity contribution in [2.75, 3.05) is 0 Å². The van der Waals surface area contributed by atoms with Gasteiger partial charge in [-0.25, -0.2) is 4.79 Å². The summed E-state index contributed by atoms with van der Waals surface area (Å²) in [5.74, 6) is -1.34. The van der Waals surface area contributed by atoms with Crippen molar-refractivity contribution in [3.63, 3.8) is 0 Å². The molecule has 1 fully saturated rings. The van der Waals surface area contributed by atoms with Gasteiger partial charge in [-0.15, -0.1) is 0 Å². The van der Waals surface area contributed by atoms with Gasteiger partial charge >= 0.3 is 5.97 Å². The van der Waals surface area contributed by atoms with Gasteiger partial charge in [0.25, 0.3) is 0 Å². The molecule has 1 rings (SSSR count). The average molecular weight is 146 g/mol. The first-order valence-electron chi connectivity index (χ1n) is 3.22. The molecule has 58 valence electrons. The smallest absolute Gasteiger partial charge is 0.335 e. The third kappa shape index (κ3) is 1.46. The minimum atomic E-state index is -1.60. The Morgan fingerprint density at radius 2 is 1.90 bits per heavy atom. The van der Waals surface area contributed by atoms with Crippen LogP contribution in [-0.2, 0) is 4.79 Å². The molecule has 2 unspecified atom stereocenters. The number of rotatable bonds is 3. The average Bonchev–Trinajstić information content (AvgIpc) is 2.65. The Bertz CT molecular complexity index is 141. The standard InChI is InChI=1S/C6H10O4/c7-4(3-1-2-3)5(8)6(9)10/h3-5,7-8H,1-2H2,(H,9,10). The first-order valence-corrected chi connectivity index (χ1v) is 3.22. The van der Waals surface area contributed by atoms with Crippen molar-refractivity contribution in [2.45, 2.75) is 25.0 Å². The van der Waals surface area contributed by atoms with Gasteiger partial charge in [-0.3, -0.25) is 0 Å². The summed E-state index contributed by atoms with van der Waals surface area (Å²) in [6, 6.07) is 0. The Labute approximate surface area is 58.1 Å². The van der Waals surface area contributed by atoms with Gasteiger partial charge in [0.2, 0.25) is 0 Å². The summed E-state index contributed by atoms with van der Waals surface area (Å²) in [7, 11) is 0. The molecule has 1 aliphatic rings. The van der Waals surface area contributed by atoms with Crippen LogP contribution in [0.2, 0.25) is 0 Å². The minimum absolute atomic E-state index is 0.00565. The summed E-state index contributed by atoms with van der Waals surface area (Å²) in [5, 5.41) is 26.0. The molecule has 0 radical (unpaired) electrons. The molecule has 0 aromatic carbocycles. The maximum atomic E-state index is 10.1. The summed E-state index contributed by atoms with van der Waals surface area (Å²) in [4.78, 5) is 10.1. The third-order valence-corrected chi connectivity index (χ3v) is 1.68. The van der Waals surface area contributed by atoms with Gasteiger partial charge < -0.3 is 15.3 Å². The van der Waals surface area contributed by atoms with Crippen molar-refractivity contribution >= 4 is 5.97 Å². The Kier molecular flexibility index (Phi) is 1.92. The lowest BCUT2D eigenvalue weighted by Crippen LogP contribution is -2.35. The molecule has 0 spiro atoms. The van der Waals surface area contributed by atoms with Gasteiger partial charge in [-0.2, -0.15) is 0 Å². The molecule has 0 aliphatic heterocycles. The monoisotopic (exact) mass is 146 g/mol. The summed E-state index contributed by atoms with van der Waals surface area (Å²) in [5.41, 5.74) is 0. The van der Waals surface area contributed by atoms with Gasteiger partial charge in [0.15, 0.2) is 6.10 Å². The van der Waals surface area contributed by atoms with Gasteiger partial charge in [0.05, 0.1) is 6.10 Å². The van der Waals surface area contributed by atoms with Crippen molar-refractivity contribution in [1.29, 1.82) is 0 Å². The van der Waals surface area contributed by atoms with E-state index < -0.39 is 18.2 Å². The number of carbonyl (C=O) groups is 1. The van der Waals surface area contributed by atoms with Crippen LogP contribution in [0.3, 0.4) is 0 Å². The highest BCUT2D eigenvalue weighted by Crippen LogP contribution is 2.33. The van der Waals surface area contributed by atoms with Crippen LogP contribution in [0.5, 0.6) is 0 Å². The molecule has 1 saturated carbocycles.